The van der Waals surface area contributed by atoms with Crippen LogP contribution in [-0.4, -0.2) is 18.4 Å². The summed E-state index contributed by atoms with van der Waals surface area (Å²) in [5, 5.41) is 6.51. The Kier molecular flexibility index (Phi) is 6.98. The van der Waals surface area contributed by atoms with Crippen LogP contribution in [0.15, 0.2) is 34.7 Å². The predicted octanol–water partition coefficient (Wildman–Crippen LogP) is 1.02. The quantitative estimate of drug-likeness (QED) is 0.255. The fraction of sp³-hybridized carbons (Fsp3) is 0.429. The van der Waals surface area contributed by atoms with Crippen molar-refractivity contribution in [3.63, 3.8) is 0 Å². The topological polar surface area (TPSA) is 96.2 Å². The summed E-state index contributed by atoms with van der Waals surface area (Å²) in [5.41, 5.74) is 3.13. The van der Waals surface area contributed by atoms with Crippen molar-refractivity contribution < 1.29 is 9.59 Å². The van der Waals surface area contributed by atoms with E-state index in [4.69, 9.17) is 17.4 Å². The largest absolute Gasteiger partial charge is 0.368 e. The first-order valence-electron chi connectivity index (χ1n) is 6.73. The SMILES string of the molecule is CC(C)C(=O)N/C(=C/C(=O)NN)NCC1=CC=C(Cl)CC1. The van der Waals surface area contributed by atoms with Crippen LogP contribution in [0.25, 0.3) is 0 Å². The number of nitrogens with one attached hydrogen (secondary N) is 3. The van der Waals surface area contributed by atoms with Crippen molar-refractivity contribution in [2.24, 2.45) is 11.8 Å². The molecular formula is C14H21ClN4O2. The Morgan fingerprint density at radius 1 is 1.38 bits per heavy atom. The second kappa shape index (κ2) is 8.49. The Bertz CT molecular complexity index is 495. The van der Waals surface area contributed by atoms with Gasteiger partial charge in [-0.3, -0.25) is 15.0 Å². The molecule has 7 heteroatoms. The standard InChI is InChI=1S/C14H21ClN4O2/c1-9(2)14(21)18-12(7-13(20)19-16)17-8-10-3-5-11(15)6-4-10/h3,5,7,9,17H,4,6,8,16H2,1-2H3,(H,18,21)(H,19,20)/b12-7+. The van der Waals surface area contributed by atoms with Gasteiger partial charge in [0.1, 0.15) is 5.82 Å². The van der Waals surface area contributed by atoms with Crippen molar-refractivity contribution in [3.05, 3.63) is 34.7 Å². The molecule has 21 heavy (non-hydrogen) atoms. The Hall–Kier alpha value is -1.79. The first kappa shape index (κ1) is 17.3. The molecule has 5 N–H and O–H groups in total. The third-order valence-corrected chi connectivity index (χ3v) is 3.21. The lowest BCUT2D eigenvalue weighted by Gasteiger charge is -2.16. The van der Waals surface area contributed by atoms with Crippen molar-refractivity contribution in [3.8, 4) is 0 Å². The van der Waals surface area contributed by atoms with Gasteiger partial charge in [-0.1, -0.05) is 37.1 Å². The fourth-order valence-corrected chi connectivity index (χ4v) is 1.75. The lowest BCUT2D eigenvalue weighted by Crippen LogP contribution is -2.37. The summed E-state index contributed by atoms with van der Waals surface area (Å²) in [6.07, 6.45) is 6.65. The van der Waals surface area contributed by atoms with Gasteiger partial charge in [0.2, 0.25) is 5.91 Å². The summed E-state index contributed by atoms with van der Waals surface area (Å²) in [6.45, 7) is 4.06. The minimum Gasteiger partial charge on any atom is -0.368 e. The molecule has 1 rings (SSSR count). The molecule has 0 radical (unpaired) electrons. The van der Waals surface area contributed by atoms with E-state index < -0.39 is 5.91 Å². The summed E-state index contributed by atoms with van der Waals surface area (Å²) < 4.78 is 0. The highest BCUT2D eigenvalue weighted by Crippen LogP contribution is 2.20. The molecule has 0 saturated carbocycles. The number of carbonyl (C=O) groups is 2. The second-order valence-electron chi connectivity index (χ2n) is 5.00. The minimum absolute atomic E-state index is 0.181. The van der Waals surface area contributed by atoms with Gasteiger partial charge in [0.25, 0.3) is 5.91 Å². The zero-order valence-corrected chi connectivity index (χ0v) is 13.0. The molecule has 0 bridgehead atoms. The molecule has 0 aromatic rings. The highest BCUT2D eigenvalue weighted by molar-refractivity contribution is 6.29. The predicted molar refractivity (Wildman–Crippen MR) is 82.6 cm³/mol. The molecule has 0 fully saturated rings. The molecule has 0 aromatic heterocycles. The molecule has 0 spiro atoms. The van der Waals surface area contributed by atoms with E-state index >= 15 is 0 Å². The Balaban J connectivity index is 2.67. The lowest BCUT2D eigenvalue weighted by atomic mass is 10.1. The van der Waals surface area contributed by atoms with Crippen LogP contribution in [-0.2, 0) is 9.59 Å². The molecular weight excluding hydrogens is 292 g/mol. The average Bonchev–Trinajstić information content (AvgIpc) is 2.45. The highest BCUT2D eigenvalue weighted by Gasteiger charge is 2.11. The monoisotopic (exact) mass is 312 g/mol. The maximum absolute atomic E-state index is 11.7. The van der Waals surface area contributed by atoms with Gasteiger partial charge >= 0.3 is 0 Å². The summed E-state index contributed by atoms with van der Waals surface area (Å²) >= 11 is 5.90. The van der Waals surface area contributed by atoms with Gasteiger partial charge in [-0.15, -0.1) is 0 Å². The Morgan fingerprint density at radius 2 is 2.10 bits per heavy atom. The van der Waals surface area contributed by atoms with Crippen LogP contribution >= 0.6 is 11.6 Å². The second-order valence-corrected chi connectivity index (χ2v) is 5.49. The molecule has 0 aliphatic heterocycles. The van der Waals surface area contributed by atoms with Crippen molar-refractivity contribution in [1.82, 2.24) is 16.1 Å². The molecule has 0 heterocycles. The van der Waals surface area contributed by atoms with Crippen LogP contribution in [0.1, 0.15) is 26.7 Å². The maximum atomic E-state index is 11.7. The van der Waals surface area contributed by atoms with Gasteiger partial charge in [-0.25, -0.2) is 5.84 Å². The van der Waals surface area contributed by atoms with Crippen LogP contribution < -0.4 is 21.9 Å². The number of amides is 2. The van der Waals surface area contributed by atoms with Crippen LogP contribution in [0.4, 0.5) is 0 Å². The first-order valence-corrected chi connectivity index (χ1v) is 7.11. The third kappa shape index (κ3) is 6.46. The summed E-state index contributed by atoms with van der Waals surface area (Å²) in [5.74, 6) is 4.50. The number of carbonyl (C=O) groups excluding carboxylic acids is 2. The average molecular weight is 313 g/mol. The zero-order chi connectivity index (χ0) is 15.8. The number of allylic oxidation sites excluding steroid dienone is 3. The van der Waals surface area contributed by atoms with Crippen LogP contribution in [0.5, 0.6) is 0 Å². The van der Waals surface area contributed by atoms with Gasteiger partial charge < -0.3 is 10.6 Å². The van der Waals surface area contributed by atoms with E-state index in [1.54, 1.807) is 13.8 Å². The van der Waals surface area contributed by atoms with Crippen LogP contribution in [0, 0.1) is 5.92 Å². The van der Waals surface area contributed by atoms with Crippen molar-refractivity contribution >= 4 is 23.4 Å². The number of halogens is 1. The lowest BCUT2D eigenvalue weighted by molar-refractivity contribution is -0.123. The highest BCUT2D eigenvalue weighted by atomic mass is 35.5. The molecule has 1 aliphatic rings. The van der Waals surface area contributed by atoms with E-state index in [1.807, 2.05) is 17.6 Å². The third-order valence-electron chi connectivity index (χ3n) is 2.89. The maximum Gasteiger partial charge on any atom is 0.261 e. The Labute approximate surface area is 129 Å². The summed E-state index contributed by atoms with van der Waals surface area (Å²) in [6, 6.07) is 0. The molecule has 6 nitrogen and oxygen atoms in total. The molecule has 0 unspecified atom stereocenters. The minimum atomic E-state index is -0.498. The fourth-order valence-electron chi connectivity index (χ4n) is 1.59. The van der Waals surface area contributed by atoms with Gasteiger partial charge in [0, 0.05) is 23.6 Å². The van der Waals surface area contributed by atoms with Gasteiger partial charge in [-0.2, -0.15) is 0 Å². The number of rotatable bonds is 6. The molecule has 1 aliphatic carbocycles. The smallest absolute Gasteiger partial charge is 0.261 e. The number of hydrogen-bond acceptors (Lipinski definition) is 4. The number of hydrogen-bond donors (Lipinski definition) is 4. The number of hydrazine groups is 1. The van der Waals surface area contributed by atoms with E-state index in [0.29, 0.717) is 12.4 Å². The summed E-state index contributed by atoms with van der Waals surface area (Å²) in [4.78, 5) is 23.0. The van der Waals surface area contributed by atoms with Gasteiger partial charge in [0.15, 0.2) is 0 Å². The van der Waals surface area contributed by atoms with E-state index in [2.05, 4.69) is 10.6 Å². The molecule has 0 aromatic carbocycles. The van der Waals surface area contributed by atoms with E-state index in [9.17, 15) is 9.59 Å². The molecule has 0 atom stereocenters. The summed E-state index contributed by atoms with van der Waals surface area (Å²) in [7, 11) is 0. The van der Waals surface area contributed by atoms with Gasteiger partial charge in [-0.05, 0) is 18.9 Å². The van der Waals surface area contributed by atoms with Crippen molar-refractivity contribution in [2.75, 3.05) is 6.54 Å². The molecule has 2 amide bonds. The van der Waals surface area contributed by atoms with E-state index in [-0.39, 0.29) is 11.8 Å². The molecule has 0 saturated heterocycles. The van der Waals surface area contributed by atoms with Crippen molar-refractivity contribution in [2.45, 2.75) is 26.7 Å². The van der Waals surface area contributed by atoms with Crippen molar-refractivity contribution in [1.29, 1.82) is 0 Å². The van der Waals surface area contributed by atoms with E-state index in [0.717, 1.165) is 23.4 Å². The Morgan fingerprint density at radius 3 is 2.62 bits per heavy atom. The van der Waals surface area contributed by atoms with Crippen LogP contribution in [0.2, 0.25) is 0 Å². The van der Waals surface area contributed by atoms with Gasteiger partial charge in [0.05, 0.1) is 0 Å². The zero-order valence-electron chi connectivity index (χ0n) is 12.2. The van der Waals surface area contributed by atoms with Crippen LogP contribution in [0.3, 0.4) is 0 Å². The first-order chi connectivity index (χ1) is 9.92. The molecule has 116 valence electrons. The van der Waals surface area contributed by atoms with E-state index in [1.165, 1.54) is 6.08 Å². The number of nitrogens with two attached hydrogens (primary N) is 1. The normalized spacial score (nSPS) is 15.2.